The van der Waals surface area contributed by atoms with Gasteiger partial charge in [-0.1, -0.05) is 6.07 Å². The Kier molecular flexibility index (Phi) is 11.0. The minimum absolute atomic E-state index is 0. The lowest BCUT2D eigenvalue weighted by molar-refractivity contribution is -0.117. The molecule has 0 spiro atoms. The topological polar surface area (TPSA) is 53.6 Å². The number of hydrogen-bond acceptors (Lipinski definition) is 4. The van der Waals surface area contributed by atoms with Crippen LogP contribution in [0.4, 0.5) is 5.69 Å². The van der Waals surface area contributed by atoms with Gasteiger partial charge in [-0.05, 0) is 52.0 Å². The molecule has 1 aliphatic rings. The first kappa shape index (κ1) is 22.0. The Morgan fingerprint density at radius 3 is 2.83 bits per heavy atom. The summed E-state index contributed by atoms with van der Waals surface area (Å²) in [5, 5.41) is 6.14. The predicted octanol–water partition coefficient (Wildman–Crippen LogP) is 2.55. The Labute approximate surface area is 151 Å². The Hall–Kier alpha value is -1.01. The summed E-state index contributed by atoms with van der Waals surface area (Å²) in [4.78, 5) is 14.2. The number of anilines is 1. The number of amides is 1. The molecule has 2 rings (SSSR count). The lowest BCUT2D eigenvalue weighted by Crippen LogP contribution is -2.35. The van der Waals surface area contributed by atoms with E-state index in [1.165, 1.54) is 0 Å². The molecule has 1 atom stereocenters. The van der Waals surface area contributed by atoms with Crippen molar-refractivity contribution < 1.29 is 9.53 Å². The molecular formula is C16H27Cl2N3O2. The maximum atomic E-state index is 12.0. The first-order valence-corrected chi connectivity index (χ1v) is 7.57. The SMILES string of the molecule is CN(C)CCCOc1cccc(NC(=O)C2CCCN2)c1.Cl.Cl. The van der Waals surface area contributed by atoms with E-state index >= 15 is 0 Å². The second-order valence-corrected chi connectivity index (χ2v) is 5.67. The molecule has 1 aromatic carbocycles. The van der Waals surface area contributed by atoms with Gasteiger partial charge in [0.1, 0.15) is 5.75 Å². The summed E-state index contributed by atoms with van der Waals surface area (Å²) in [6, 6.07) is 7.52. The molecule has 7 heteroatoms. The van der Waals surface area contributed by atoms with Crippen molar-refractivity contribution in [1.82, 2.24) is 10.2 Å². The molecule has 0 aliphatic carbocycles. The fraction of sp³-hybridized carbons (Fsp3) is 0.562. The van der Waals surface area contributed by atoms with Crippen molar-refractivity contribution in [3.05, 3.63) is 24.3 Å². The highest BCUT2D eigenvalue weighted by Gasteiger charge is 2.21. The zero-order valence-corrected chi connectivity index (χ0v) is 15.3. The van der Waals surface area contributed by atoms with Gasteiger partial charge in [0.15, 0.2) is 0 Å². The van der Waals surface area contributed by atoms with Gasteiger partial charge < -0.3 is 20.3 Å². The van der Waals surface area contributed by atoms with Gasteiger partial charge in [0, 0.05) is 18.3 Å². The van der Waals surface area contributed by atoms with Gasteiger partial charge in [0.05, 0.1) is 12.6 Å². The molecule has 0 radical (unpaired) electrons. The van der Waals surface area contributed by atoms with E-state index < -0.39 is 0 Å². The summed E-state index contributed by atoms with van der Waals surface area (Å²) in [6.45, 7) is 2.61. The van der Waals surface area contributed by atoms with Crippen LogP contribution in [-0.2, 0) is 4.79 Å². The molecule has 0 aromatic heterocycles. The van der Waals surface area contributed by atoms with Crippen molar-refractivity contribution in [3.8, 4) is 5.75 Å². The van der Waals surface area contributed by atoms with Gasteiger partial charge >= 0.3 is 0 Å². The maximum absolute atomic E-state index is 12.0. The van der Waals surface area contributed by atoms with E-state index in [1.54, 1.807) is 0 Å². The molecule has 1 aromatic rings. The number of nitrogens with zero attached hydrogens (tertiary/aromatic N) is 1. The highest BCUT2D eigenvalue weighted by Crippen LogP contribution is 2.18. The van der Waals surface area contributed by atoms with Crippen LogP contribution in [0.3, 0.4) is 0 Å². The summed E-state index contributed by atoms with van der Waals surface area (Å²) in [7, 11) is 4.10. The second kappa shape index (κ2) is 11.5. The molecule has 5 nitrogen and oxygen atoms in total. The number of nitrogens with one attached hydrogen (secondary N) is 2. The van der Waals surface area contributed by atoms with Crippen LogP contribution in [0, 0.1) is 0 Å². The molecule has 1 fully saturated rings. The van der Waals surface area contributed by atoms with Crippen molar-refractivity contribution in [2.45, 2.75) is 25.3 Å². The van der Waals surface area contributed by atoms with Crippen LogP contribution in [-0.4, -0.2) is 50.6 Å². The number of carbonyl (C=O) groups is 1. The average Bonchev–Trinajstić information content (AvgIpc) is 2.98. The zero-order valence-electron chi connectivity index (χ0n) is 13.7. The summed E-state index contributed by atoms with van der Waals surface area (Å²) in [5.74, 6) is 0.836. The highest BCUT2D eigenvalue weighted by atomic mass is 35.5. The minimum atomic E-state index is -0.0605. The van der Waals surface area contributed by atoms with Gasteiger partial charge in [0.25, 0.3) is 0 Å². The summed E-state index contributed by atoms with van der Waals surface area (Å²) in [6.07, 6.45) is 2.95. The van der Waals surface area contributed by atoms with E-state index in [0.29, 0.717) is 6.61 Å². The molecule has 0 bridgehead atoms. The zero-order chi connectivity index (χ0) is 15.1. The Balaban J connectivity index is 0.00000242. The number of carbonyl (C=O) groups excluding carboxylic acids is 1. The van der Waals surface area contributed by atoms with Crippen LogP contribution < -0.4 is 15.4 Å². The first-order valence-electron chi connectivity index (χ1n) is 7.57. The quantitative estimate of drug-likeness (QED) is 0.731. The fourth-order valence-electron chi connectivity index (χ4n) is 2.37. The van der Waals surface area contributed by atoms with Crippen LogP contribution in [0.15, 0.2) is 24.3 Å². The molecule has 2 N–H and O–H groups in total. The van der Waals surface area contributed by atoms with Crippen molar-refractivity contribution in [2.75, 3.05) is 39.1 Å². The predicted molar refractivity (Wildman–Crippen MR) is 99.3 cm³/mol. The normalized spacial score (nSPS) is 16.4. The maximum Gasteiger partial charge on any atom is 0.241 e. The van der Waals surface area contributed by atoms with Gasteiger partial charge in [-0.15, -0.1) is 24.8 Å². The molecule has 0 saturated carbocycles. The number of benzene rings is 1. The van der Waals surface area contributed by atoms with Crippen LogP contribution in [0.1, 0.15) is 19.3 Å². The summed E-state index contributed by atoms with van der Waals surface area (Å²) in [5.41, 5.74) is 0.791. The van der Waals surface area contributed by atoms with Gasteiger partial charge in [0.2, 0.25) is 5.91 Å². The van der Waals surface area contributed by atoms with Gasteiger partial charge in [-0.2, -0.15) is 0 Å². The summed E-state index contributed by atoms with van der Waals surface area (Å²) >= 11 is 0. The van der Waals surface area contributed by atoms with E-state index in [0.717, 1.165) is 43.8 Å². The van der Waals surface area contributed by atoms with Crippen LogP contribution >= 0.6 is 24.8 Å². The fourth-order valence-corrected chi connectivity index (χ4v) is 2.37. The number of halogens is 2. The molecule has 23 heavy (non-hydrogen) atoms. The highest BCUT2D eigenvalue weighted by molar-refractivity contribution is 5.95. The molecular weight excluding hydrogens is 337 g/mol. The third-order valence-corrected chi connectivity index (χ3v) is 3.50. The number of rotatable bonds is 7. The molecule has 1 unspecified atom stereocenters. The van der Waals surface area contributed by atoms with Crippen LogP contribution in [0.25, 0.3) is 0 Å². The lowest BCUT2D eigenvalue weighted by atomic mass is 10.2. The summed E-state index contributed by atoms with van der Waals surface area (Å²) < 4.78 is 5.71. The third-order valence-electron chi connectivity index (χ3n) is 3.50. The second-order valence-electron chi connectivity index (χ2n) is 5.67. The molecule has 1 saturated heterocycles. The number of hydrogen-bond donors (Lipinski definition) is 2. The minimum Gasteiger partial charge on any atom is -0.493 e. The monoisotopic (exact) mass is 363 g/mol. The largest absolute Gasteiger partial charge is 0.493 e. The smallest absolute Gasteiger partial charge is 0.241 e. The average molecular weight is 364 g/mol. The molecule has 1 amide bonds. The van der Waals surface area contributed by atoms with E-state index in [-0.39, 0.29) is 36.8 Å². The standard InChI is InChI=1S/C16H25N3O2.2ClH/c1-19(2)10-5-11-21-14-7-3-6-13(12-14)18-16(20)15-8-4-9-17-15;;/h3,6-7,12,15,17H,4-5,8-11H2,1-2H3,(H,18,20);2*1H. The van der Waals surface area contributed by atoms with E-state index in [2.05, 4.69) is 15.5 Å². The molecule has 1 heterocycles. The Bertz CT molecular complexity index is 466. The third kappa shape index (κ3) is 7.88. The lowest BCUT2D eigenvalue weighted by Gasteiger charge is -2.13. The van der Waals surface area contributed by atoms with Crippen molar-refractivity contribution in [2.24, 2.45) is 0 Å². The number of ether oxygens (including phenoxy) is 1. The van der Waals surface area contributed by atoms with Crippen LogP contribution in [0.5, 0.6) is 5.75 Å². The van der Waals surface area contributed by atoms with Gasteiger partial charge in [-0.25, -0.2) is 0 Å². The van der Waals surface area contributed by atoms with Crippen LogP contribution in [0.2, 0.25) is 0 Å². The van der Waals surface area contributed by atoms with Crippen molar-refractivity contribution in [3.63, 3.8) is 0 Å². The van der Waals surface area contributed by atoms with E-state index in [9.17, 15) is 4.79 Å². The Morgan fingerprint density at radius 2 is 2.17 bits per heavy atom. The van der Waals surface area contributed by atoms with Crippen molar-refractivity contribution >= 4 is 36.4 Å². The molecule has 1 aliphatic heterocycles. The van der Waals surface area contributed by atoms with E-state index in [4.69, 9.17) is 4.74 Å². The van der Waals surface area contributed by atoms with Crippen molar-refractivity contribution in [1.29, 1.82) is 0 Å². The Morgan fingerprint density at radius 1 is 1.39 bits per heavy atom. The van der Waals surface area contributed by atoms with Gasteiger partial charge in [-0.3, -0.25) is 4.79 Å². The first-order chi connectivity index (χ1) is 10.1. The van der Waals surface area contributed by atoms with E-state index in [1.807, 2.05) is 38.4 Å². The molecule has 132 valence electrons.